The third-order valence-electron chi connectivity index (χ3n) is 4.42. The number of methoxy groups -OCH3 is 1. The Morgan fingerprint density at radius 1 is 1.32 bits per heavy atom. The van der Waals surface area contributed by atoms with Gasteiger partial charge in [-0.1, -0.05) is 18.2 Å². The van der Waals surface area contributed by atoms with Gasteiger partial charge in [-0.05, 0) is 36.1 Å². The number of benzene rings is 1. The SMILES string of the molecule is COC(=O)C1CCN(C(=O)CCc2cncc(F)c2)c2ccccc21. The number of amides is 1. The number of esters is 1. The number of aryl methyl sites for hydroxylation is 1. The number of para-hydroxylation sites is 1. The van der Waals surface area contributed by atoms with Crippen LogP contribution in [0, 0.1) is 5.82 Å². The average molecular weight is 342 g/mol. The summed E-state index contributed by atoms with van der Waals surface area (Å²) in [6.45, 7) is 0.455. The molecule has 1 atom stereocenters. The van der Waals surface area contributed by atoms with Crippen LogP contribution < -0.4 is 4.90 Å². The van der Waals surface area contributed by atoms with Crippen molar-refractivity contribution in [1.29, 1.82) is 0 Å². The number of aromatic nitrogens is 1. The Morgan fingerprint density at radius 3 is 2.88 bits per heavy atom. The monoisotopic (exact) mass is 342 g/mol. The van der Waals surface area contributed by atoms with E-state index in [0.717, 1.165) is 17.4 Å². The minimum absolute atomic E-state index is 0.0555. The summed E-state index contributed by atoms with van der Waals surface area (Å²) in [5, 5.41) is 0. The van der Waals surface area contributed by atoms with Crippen LogP contribution in [0.5, 0.6) is 0 Å². The number of rotatable bonds is 4. The second-order valence-electron chi connectivity index (χ2n) is 5.98. The first-order valence-corrected chi connectivity index (χ1v) is 8.16. The maximum Gasteiger partial charge on any atom is 0.313 e. The van der Waals surface area contributed by atoms with Crippen molar-refractivity contribution in [3.8, 4) is 0 Å². The Kier molecular flexibility index (Phi) is 5.07. The number of halogens is 1. The van der Waals surface area contributed by atoms with Gasteiger partial charge in [0.05, 0.1) is 19.2 Å². The zero-order valence-electron chi connectivity index (χ0n) is 13.9. The Hall–Kier alpha value is -2.76. The Bertz CT molecular complexity index is 794. The minimum Gasteiger partial charge on any atom is -0.469 e. The molecule has 1 unspecified atom stereocenters. The molecule has 5 nitrogen and oxygen atoms in total. The van der Waals surface area contributed by atoms with Crippen LogP contribution in [0.1, 0.15) is 29.9 Å². The van der Waals surface area contributed by atoms with Gasteiger partial charge in [0, 0.05) is 24.8 Å². The van der Waals surface area contributed by atoms with Crippen LogP contribution in [0.15, 0.2) is 42.7 Å². The molecule has 3 rings (SSSR count). The van der Waals surface area contributed by atoms with Crippen molar-refractivity contribution in [1.82, 2.24) is 4.98 Å². The van der Waals surface area contributed by atoms with E-state index in [0.29, 0.717) is 24.9 Å². The Balaban J connectivity index is 1.76. The molecule has 0 spiro atoms. The normalized spacial score (nSPS) is 16.2. The molecule has 2 heterocycles. The van der Waals surface area contributed by atoms with Crippen molar-refractivity contribution in [2.75, 3.05) is 18.6 Å². The van der Waals surface area contributed by atoms with Crippen molar-refractivity contribution >= 4 is 17.6 Å². The molecule has 2 aromatic rings. The summed E-state index contributed by atoms with van der Waals surface area (Å²) in [6.07, 6.45) is 3.90. The van der Waals surface area contributed by atoms with Crippen molar-refractivity contribution in [3.05, 3.63) is 59.7 Å². The fourth-order valence-electron chi connectivity index (χ4n) is 3.19. The lowest BCUT2D eigenvalue weighted by molar-refractivity contribution is -0.142. The number of hydrogen-bond acceptors (Lipinski definition) is 4. The van der Waals surface area contributed by atoms with Crippen molar-refractivity contribution in [2.24, 2.45) is 0 Å². The third kappa shape index (κ3) is 3.68. The standard InChI is InChI=1S/C19H19FN2O3/c1-25-19(24)16-8-9-22(17-5-3-2-4-15(16)17)18(23)7-6-13-10-14(20)12-21-11-13/h2-5,10-12,16H,6-9H2,1H3. The van der Waals surface area contributed by atoms with Crippen molar-refractivity contribution < 1.29 is 18.7 Å². The first kappa shape index (κ1) is 17.1. The van der Waals surface area contributed by atoms with Gasteiger partial charge >= 0.3 is 5.97 Å². The number of pyridine rings is 1. The van der Waals surface area contributed by atoms with Gasteiger partial charge in [-0.3, -0.25) is 14.6 Å². The Morgan fingerprint density at radius 2 is 2.12 bits per heavy atom. The first-order chi connectivity index (χ1) is 12.1. The lowest BCUT2D eigenvalue weighted by Gasteiger charge is -2.33. The van der Waals surface area contributed by atoms with Crippen LogP contribution >= 0.6 is 0 Å². The first-order valence-electron chi connectivity index (χ1n) is 8.16. The largest absolute Gasteiger partial charge is 0.469 e. The van der Waals surface area contributed by atoms with E-state index < -0.39 is 5.82 Å². The fourth-order valence-corrected chi connectivity index (χ4v) is 3.19. The van der Waals surface area contributed by atoms with Crippen LogP contribution in [-0.4, -0.2) is 30.5 Å². The van der Waals surface area contributed by atoms with Gasteiger partial charge in [0.1, 0.15) is 5.82 Å². The molecule has 0 fully saturated rings. The highest BCUT2D eigenvalue weighted by Crippen LogP contribution is 2.36. The number of nitrogens with zero attached hydrogens (tertiary/aromatic N) is 2. The molecule has 130 valence electrons. The van der Waals surface area contributed by atoms with Crippen LogP contribution in [-0.2, 0) is 20.7 Å². The van der Waals surface area contributed by atoms with E-state index in [4.69, 9.17) is 4.74 Å². The van der Waals surface area contributed by atoms with Crippen LogP contribution in [0.4, 0.5) is 10.1 Å². The summed E-state index contributed by atoms with van der Waals surface area (Å²) < 4.78 is 18.1. The number of carbonyl (C=O) groups excluding carboxylic acids is 2. The number of ether oxygens (including phenoxy) is 1. The number of fused-ring (bicyclic) bond motifs is 1. The topological polar surface area (TPSA) is 59.5 Å². The zero-order valence-corrected chi connectivity index (χ0v) is 13.9. The Labute approximate surface area is 145 Å². The zero-order chi connectivity index (χ0) is 17.8. The summed E-state index contributed by atoms with van der Waals surface area (Å²) in [7, 11) is 1.37. The van der Waals surface area contributed by atoms with Gasteiger partial charge in [0.15, 0.2) is 0 Å². The van der Waals surface area contributed by atoms with Gasteiger partial charge in [-0.15, -0.1) is 0 Å². The number of anilines is 1. The van der Waals surface area contributed by atoms with E-state index in [1.54, 1.807) is 11.1 Å². The van der Waals surface area contributed by atoms with Gasteiger partial charge in [0.25, 0.3) is 0 Å². The molecule has 0 aliphatic carbocycles. The molecule has 0 saturated heterocycles. The van der Waals surface area contributed by atoms with Gasteiger partial charge in [-0.2, -0.15) is 0 Å². The summed E-state index contributed by atoms with van der Waals surface area (Å²) >= 11 is 0. The third-order valence-corrected chi connectivity index (χ3v) is 4.42. The van der Waals surface area contributed by atoms with Crippen LogP contribution in [0.3, 0.4) is 0 Å². The number of carbonyl (C=O) groups is 2. The summed E-state index contributed by atoms with van der Waals surface area (Å²) in [6, 6.07) is 8.77. The van der Waals surface area contributed by atoms with Crippen molar-refractivity contribution in [3.63, 3.8) is 0 Å². The van der Waals surface area contributed by atoms with Crippen molar-refractivity contribution in [2.45, 2.75) is 25.2 Å². The lowest BCUT2D eigenvalue weighted by Crippen LogP contribution is -2.38. The second-order valence-corrected chi connectivity index (χ2v) is 5.98. The maximum atomic E-state index is 13.2. The highest BCUT2D eigenvalue weighted by Gasteiger charge is 2.32. The molecule has 6 heteroatoms. The van der Waals surface area contributed by atoms with E-state index in [-0.39, 0.29) is 24.2 Å². The lowest BCUT2D eigenvalue weighted by atomic mass is 9.89. The molecule has 0 radical (unpaired) electrons. The maximum absolute atomic E-state index is 13.2. The summed E-state index contributed by atoms with van der Waals surface area (Å²) in [4.78, 5) is 30.1. The molecule has 1 aliphatic heterocycles. The highest BCUT2D eigenvalue weighted by atomic mass is 19.1. The quantitative estimate of drug-likeness (QED) is 0.802. The van der Waals surface area contributed by atoms with E-state index in [2.05, 4.69) is 4.98 Å². The predicted octanol–water partition coefficient (Wildman–Crippen LogP) is 2.85. The fraction of sp³-hybridized carbons (Fsp3) is 0.316. The molecule has 0 N–H and O–H groups in total. The molecule has 1 aromatic carbocycles. The van der Waals surface area contributed by atoms with E-state index in [9.17, 15) is 14.0 Å². The van der Waals surface area contributed by atoms with Gasteiger partial charge in [-0.25, -0.2) is 4.39 Å². The molecule has 0 saturated carbocycles. The van der Waals surface area contributed by atoms with E-state index in [1.807, 2.05) is 24.3 Å². The van der Waals surface area contributed by atoms with Gasteiger partial charge in [0.2, 0.25) is 5.91 Å². The molecule has 1 amide bonds. The smallest absolute Gasteiger partial charge is 0.313 e. The summed E-state index contributed by atoms with van der Waals surface area (Å²) in [5.74, 6) is -1.10. The molecule has 1 aliphatic rings. The van der Waals surface area contributed by atoms with E-state index >= 15 is 0 Å². The summed E-state index contributed by atoms with van der Waals surface area (Å²) in [5.41, 5.74) is 2.24. The van der Waals surface area contributed by atoms with Crippen LogP contribution in [0.2, 0.25) is 0 Å². The molecular weight excluding hydrogens is 323 g/mol. The molecule has 1 aromatic heterocycles. The van der Waals surface area contributed by atoms with Crippen LogP contribution in [0.25, 0.3) is 0 Å². The number of hydrogen-bond donors (Lipinski definition) is 0. The second kappa shape index (κ2) is 7.42. The molecule has 25 heavy (non-hydrogen) atoms. The molecule has 0 bridgehead atoms. The van der Waals surface area contributed by atoms with E-state index in [1.165, 1.54) is 13.2 Å². The predicted molar refractivity (Wildman–Crippen MR) is 90.7 cm³/mol. The highest BCUT2D eigenvalue weighted by molar-refractivity contribution is 5.96. The molecular formula is C19H19FN2O3. The van der Waals surface area contributed by atoms with Gasteiger partial charge < -0.3 is 9.64 Å². The minimum atomic E-state index is -0.408. The average Bonchev–Trinajstić information content (AvgIpc) is 2.64.